The Kier molecular flexibility index (Phi) is 6.96. The van der Waals surface area contributed by atoms with Crippen molar-refractivity contribution in [2.45, 2.75) is 69.9 Å². The summed E-state index contributed by atoms with van der Waals surface area (Å²) in [7, 11) is 0. The normalized spacial score (nSPS) is 16.4. The van der Waals surface area contributed by atoms with Crippen molar-refractivity contribution in [1.29, 1.82) is 0 Å². The lowest BCUT2D eigenvalue weighted by Gasteiger charge is -2.30. The minimum absolute atomic E-state index is 0.000165. The van der Waals surface area contributed by atoms with Crippen molar-refractivity contribution < 1.29 is 18.8 Å². The maximum absolute atomic E-state index is 13.5. The average Bonchev–Trinajstić information content (AvgIpc) is 3.55. The van der Waals surface area contributed by atoms with Crippen molar-refractivity contribution in [2.24, 2.45) is 0 Å². The molecule has 1 aliphatic carbocycles. The van der Waals surface area contributed by atoms with Crippen LogP contribution in [-0.4, -0.2) is 33.6 Å². The molecule has 194 valence electrons. The van der Waals surface area contributed by atoms with Gasteiger partial charge in [-0.25, -0.2) is 0 Å². The Balaban J connectivity index is 1.34. The molecular formula is C30H34N2O4S. The molecule has 5 rings (SSSR count). The molecule has 0 spiro atoms. The molecule has 6 nitrogen and oxygen atoms in total. The number of aryl methyl sites for hydroxylation is 1. The molecule has 1 amide bonds. The lowest BCUT2D eigenvalue weighted by molar-refractivity contribution is -0.118. The second kappa shape index (κ2) is 10.0. The summed E-state index contributed by atoms with van der Waals surface area (Å²) in [5.41, 5.74) is 4.23. The van der Waals surface area contributed by atoms with Crippen LogP contribution >= 0.6 is 0 Å². The van der Waals surface area contributed by atoms with E-state index in [1.807, 2.05) is 65.8 Å². The second-order valence-corrected chi connectivity index (χ2v) is 11.8. The zero-order valence-corrected chi connectivity index (χ0v) is 22.9. The largest absolute Gasteiger partial charge is 0.593 e. The molecule has 37 heavy (non-hydrogen) atoms. The summed E-state index contributed by atoms with van der Waals surface area (Å²) in [5.74, 6) is 1.42. The van der Waals surface area contributed by atoms with E-state index >= 15 is 0 Å². The lowest BCUT2D eigenvalue weighted by Crippen LogP contribution is -2.41. The van der Waals surface area contributed by atoms with Crippen molar-refractivity contribution in [3.05, 3.63) is 71.8 Å². The summed E-state index contributed by atoms with van der Waals surface area (Å²) in [5, 5.41) is 3.19. The Morgan fingerprint density at radius 1 is 0.919 bits per heavy atom. The van der Waals surface area contributed by atoms with Crippen molar-refractivity contribution in [3.63, 3.8) is 0 Å². The van der Waals surface area contributed by atoms with Gasteiger partial charge >= 0.3 is 0 Å². The van der Waals surface area contributed by atoms with Crippen LogP contribution in [-0.2, 0) is 21.6 Å². The van der Waals surface area contributed by atoms with Crippen LogP contribution in [0.15, 0.2) is 65.6 Å². The van der Waals surface area contributed by atoms with Crippen molar-refractivity contribution in [3.8, 4) is 22.6 Å². The summed E-state index contributed by atoms with van der Waals surface area (Å²) >= 11 is -1.22. The standard InChI is InChI=1S/C30H34N2O4S/c1-19(2)32(20(3)4)37(34)25-11-8-22(9-12-25)23-7-6-21(5)26(16-23)31-29(33)30(14-15-30)24-10-13-27-28(17-24)36-18-35-27/h6-13,16-17,19-20H,14-15,18H2,1-5H3,(H,31,33). The van der Waals surface area contributed by atoms with E-state index in [0.717, 1.165) is 51.4 Å². The Morgan fingerprint density at radius 3 is 2.22 bits per heavy atom. The zero-order chi connectivity index (χ0) is 26.3. The molecule has 1 atom stereocenters. The number of hydrogen-bond donors (Lipinski definition) is 1. The van der Waals surface area contributed by atoms with Gasteiger partial charge in [-0.3, -0.25) is 4.79 Å². The van der Waals surface area contributed by atoms with Crippen LogP contribution in [0.1, 0.15) is 51.7 Å². The molecule has 0 bridgehead atoms. The van der Waals surface area contributed by atoms with E-state index < -0.39 is 16.8 Å². The van der Waals surface area contributed by atoms with Crippen LogP contribution < -0.4 is 14.8 Å². The second-order valence-electron chi connectivity index (χ2n) is 10.5. The molecule has 3 aromatic carbocycles. The van der Waals surface area contributed by atoms with E-state index in [1.165, 1.54) is 0 Å². The summed E-state index contributed by atoms with van der Waals surface area (Å²) in [6.07, 6.45) is 1.61. The molecule has 2 aliphatic rings. The highest BCUT2D eigenvalue weighted by molar-refractivity contribution is 7.89. The molecule has 0 aromatic heterocycles. The fraction of sp³-hybridized carbons (Fsp3) is 0.367. The molecule has 1 N–H and O–H groups in total. The minimum atomic E-state index is -1.22. The molecular weight excluding hydrogens is 484 g/mol. The van der Waals surface area contributed by atoms with Gasteiger partial charge in [-0.05, 0) is 112 Å². The van der Waals surface area contributed by atoms with E-state index in [-0.39, 0.29) is 24.8 Å². The van der Waals surface area contributed by atoms with Crippen LogP contribution in [0, 0.1) is 6.92 Å². The molecule has 1 heterocycles. The van der Waals surface area contributed by atoms with E-state index in [2.05, 4.69) is 39.1 Å². The Bertz CT molecular complexity index is 1290. The van der Waals surface area contributed by atoms with Gasteiger partial charge in [-0.1, -0.05) is 18.2 Å². The van der Waals surface area contributed by atoms with Crippen molar-refractivity contribution in [1.82, 2.24) is 4.31 Å². The third kappa shape index (κ3) is 4.96. The quantitative estimate of drug-likeness (QED) is 0.359. The Hall–Kier alpha value is -3.00. The summed E-state index contributed by atoms with van der Waals surface area (Å²) in [6, 6.07) is 20.1. The third-order valence-corrected chi connectivity index (χ3v) is 9.10. The first-order valence-corrected chi connectivity index (χ1v) is 13.9. The van der Waals surface area contributed by atoms with Gasteiger partial charge in [-0.15, -0.1) is 4.31 Å². The molecule has 1 saturated carbocycles. The van der Waals surface area contributed by atoms with Crippen LogP contribution in [0.3, 0.4) is 0 Å². The van der Waals surface area contributed by atoms with Crippen molar-refractivity contribution >= 4 is 23.0 Å². The van der Waals surface area contributed by atoms with Gasteiger partial charge in [0.15, 0.2) is 16.4 Å². The highest BCUT2D eigenvalue weighted by Gasteiger charge is 2.51. The lowest BCUT2D eigenvalue weighted by atomic mass is 9.94. The molecule has 7 heteroatoms. The van der Waals surface area contributed by atoms with E-state index in [9.17, 15) is 9.35 Å². The van der Waals surface area contributed by atoms with Gasteiger partial charge in [0.2, 0.25) is 12.7 Å². The highest BCUT2D eigenvalue weighted by atomic mass is 32.2. The van der Waals surface area contributed by atoms with Gasteiger partial charge in [0.05, 0.1) is 28.9 Å². The maximum atomic E-state index is 13.5. The predicted octanol–water partition coefficient (Wildman–Crippen LogP) is 6.20. The highest BCUT2D eigenvalue weighted by Crippen LogP contribution is 2.51. The first-order chi connectivity index (χ1) is 17.7. The smallest absolute Gasteiger partial charge is 0.235 e. The number of rotatable bonds is 8. The number of nitrogens with one attached hydrogen (secondary N) is 1. The monoisotopic (exact) mass is 518 g/mol. The van der Waals surface area contributed by atoms with Crippen molar-refractivity contribution in [2.75, 3.05) is 12.1 Å². The third-order valence-electron chi connectivity index (χ3n) is 7.19. The van der Waals surface area contributed by atoms with Crippen LogP contribution in [0.2, 0.25) is 0 Å². The number of amides is 1. The van der Waals surface area contributed by atoms with Gasteiger partial charge < -0.3 is 19.3 Å². The minimum Gasteiger partial charge on any atom is -0.593 e. The molecule has 1 unspecified atom stereocenters. The molecule has 0 saturated heterocycles. The van der Waals surface area contributed by atoms with Crippen LogP contribution in [0.4, 0.5) is 5.69 Å². The summed E-state index contributed by atoms with van der Waals surface area (Å²) in [4.78, 5) is 14.3. The number of ether oxygens (including phenoxy) is 2. The number of nitrogens with zero attached hydrogens (tertiary/aromatic N) is 1. The first-order valence-electron chi connectivity index (χ1n) is 12.8. The fourth-order valence-electron chi connectivity index (χ4n) is 5.01. The molecule has 1 aliphatic heterocycles. The molecule has 1 fully saturated rings. The van der Waals surface area contributed by atoms with Crippen LogP contribution in [0.5, 0.6) is 11.5 Å². The Labute approximate surface area is 222 Å². The average molecular weight is 519 g/mol. The van der Waals surface area contributed by atoms with Gasteiger partial charge in [0.1, 0.15) is 0 Å². The number of anilines is 1. The van der Waals surface area contributed by atoms with Crippen LogP contribution in [0.25, 0.3) is 11.1 Å². The summed E-state index contributed by atoms with van der Waals surface area (Å²) < 4.78 is 26.1. The van der Waals surface area contributed by atoms with E-state index in [4.69, 9.17) is 9.47 Å². The maximum Gasteiger partial charge on any atom is 0.235 e. The zero-order valence-electron chi connectivity index (χ0n) is 22.0. The summed E-state index contributed by atoms with van der Waals surface area (Å²) in [6.45, 7) is 10.5. The first kappa shape index (κ1) is 25.6. The Morgan fingerprint density at radius 2 is 1.57 bits per heavy atom. The van der Waals surface area contributed by atoms with Gasteiger partial charge in [-0.2, -0.15) is 0 Å². The number of fused-ring (bicyclic) bond motifs is 1. The van der Waals surface area contributed by atoms with Gasteiger partial charge in [0, 0.05) is 5.69 Å². The fourth-order valence-corrected chi connectivity index (χ4v) is 6.39. The molecule has 3 aromatic rings. The van der Waals surface area contributed by atoms with E-state index in [0.29, 0.717) is 5.75 Å². The van der Waals surface area contributed by atoms with E-state index in [1.54, 1.807) is 0 Å². The number of carbonyl (C=O) groups excluding carboxylic acids is 1. The number of hydrogen-bond acceptors (Lipinski definition) is 5. The molecule has 0 radical (unpaired) electrons. The predicted molar refractivity (Wildman–Crippen MR) is 147 cm³/mol. The number of benzene rings is 3. The topological polar surface area (TPSA) is 73.9 Å². The SMILES string of the molecule is Cc1ccc(-c2ccc([S+]([O-])N(C(C)C)C(C)C)cc2)cc1NC(=O)C1(c2ccc3c(c2)OCO3)CC1. The number of carbonyl (C=O) groups is 1. The van der Waals surface area contributed by atoms with Gasteiger partial charge in [0.25, 0.3) is 0 Å².